The maximum Gasteiger partial charge on any atom is 0.0821 e. The van der Waals surface area contributed by atoms with Crippen LogP contribution in [0.4, 0.5) is 0 Å². The fraction of sp³-hybridized carbons (Fsp3) is 0.176. The second kappa shape index (κ2) is 4.39. The summed E-state index contributed by atoms with van der Waals surface area (Å²) in [6.07, 6.45) is -0.176. The number of fused-ring (bicyclic) bond motifs is 1. The lowest BCUT2D eigenvalue weighted by molar-refractivity contribution is 1.13. The predicted octanol–water partition coefficient (Wildman–Crippen LogP) is 4.18. The highest BCUT2D eigenvalue weighted by molar-refractivity contribution is 6.90. The second-order valence-corrected chi connectivity index (χ2v) is 10.3. The quantitative estimate of drug-likeness (QED) is 0.618. The normalized spacial score (nSPS) is 19.3. The van der Waals surface area contributed by atoms with Gasteiger partial charge in [-0.25, -0.2) is 0 Å². The number of nitrogens with zero attached hydrogens (tertiary/aromatic N) is 1. The van der Waals surface area contributed by atoms with Crippen molar-refractivity contribution in [2.75, 3.05) is 0 Å². The lowest BCUT2D eigenvalue weighted by Gasteiger charge is -2.14. The van der Waals surface area contributed by atoms with E-state index >= 15 is 0 Å². The molecule has 0 aliphatic carbocycles. The maximum absolute atomic E-state index is 8.76. The molecule has 0 amide bonds. The Morgan fingerprint density at radius 2 is 1.53 bits per heavy atom. The topological polar surface area (TPSA) is 4.93 Å². The summed E-state index contributed by atoms with van der Waals surface area (Å²) in [6, 6.07) is -4.42. The molecule has 0 radical (unpaired) electrons. The van der Waals surface area contributed by atoms with Crippen molar-refractivity contribution in [3.63, 3.8) is 0 Å². The van der Waals surface area contributed by atoms with Gasteiger partial charge in [-0.3, -0.25) is 0 Å². The molecule has 0 saturated carbocycles. The van der Waals surface area contributed by atoms with Gasteiger partial charge >= 0.3 is 0 Å². The van der Waals surface area contributed by atoms with Gasteiger partial charge in [0.2, 0.25) is 0 Å². The zero-order valence-corrected chi connectivity index (χ0v) is 11.9. The smallest absolute Gasteiger partial charge is 0.0821 e. The monoisotopic (exact) mass is 275 g/mol. The molecular formula is C17H19NSi. The minimum absolute atomic E-state index is 0.0445. The lowest BCUT2D eigenvalue weighted by Crippen LogP contribution is -2.37. The van der Waals surface area contributed by atoms with Crippen LogP contribution in [-0.2, 0) is 0 Å². The largest absolute Gasteiger partial charge is 0.317 e. The fourth-order valence-electron chi connectivity index (χ4n) is 1.94. The SMILES string of the molecule is [2H]c1c([2H])c([2H])c(-n2c([2H])c([Si](C)(C)C)c3c([2H])c([2H])c([2H])c([2H])c32)c([2H])c1[2H]. The fourth-order valence-corrected chi connectivity index (χ4v) is 3.32. The molecule has 0 saturated heterocycles. The van der Waals surface area contributed by atoms with Gasteiger partial charge in [-0.05, 0) is 28.7 Å². The Kier molecular flexibility index (Phi) is 1.22. The Morgan fingerprint density at radius 1 is 0.895 bits per heavy atom. The average molecular weight is 275 g/mol. The summed E-state index contributed by atoms with van der Waals surface area (Å²) in [7, 11) is -2.33. The summed E-state index contributed by atoms with van der Waals surface area (Å²) in [6.45, 7) is 5.77. The van der Waals surface area contributed by atoms with E-state index in [4.69, 9.17) is 13.7 Å². The van der Waals surface area contributed by atoms with Gasteiger partial charge in [-0.15, -0.1) is 0 Å². The molecule has 0 aliphatic rings. The van der Waals surface area contributed by atoms with E-state index in [0.717, 1.165) is 4.57 Å². The van der Waals surface area contributed by atoms with Crippen LogP contribution in [0.3, 0.4) is 0 Å². The molecule has 3 rings (SSSR count). The Bertz CT molecular complexity index is 1160. The Labute approximate surface area is 129 Å². The van der Waals surface area contributed by atoms with E-state index in [2.05, 4.69) is 0 Å². The average Bonchev–Trinajstić information content (AvgIpc) is 2.95. The maximum atomic E-state index is 8.76. The van der Waals surface area contributed by atoms with E-state index in [1.807, 2.05) is 19.6 Å². The first-order valence-corrected chi connectivity index (χ1v) is 9.42. The summed E-state index contributed by atoms with van der Waals surface area (Å²) >= 11 is 0. The van der Waals surface area contributed by atoms with Crippen molar-refractivity contribution in [1.82, 2.24) is 4.57 Å². The second-order valence-electron chi connectivity index (χ2n) is 5.27. The molecule has 2 heteroatoms. The van der Waals surface area contributed by atoms with Crippen molar-refractivity contribution in [2.24, 2.45) is 0 Å². The van der Waals surface area contributed by atoms with Crippen LogP contribution in [0.25, 0.3) is 16.6 Å². The Morgan fingerprint density at radius 3 is 2.21 bits per heavy atom. The first-order valence-electron chi connectivity index (χ1n) is 10.9. The van der Waals surface area contributed by atoms with Crippen LogP contribution in [0.15, 0.2) is 60.6 Å². The first-order chi connectivity index (χ1) is 13.2. The third kappa shape index (κ3) is 2.12. The highest BCUT2D eigenvalue weighted by Crippen LogP contribution is 2.21. The first kappa shape index (κ1) is 5.29. The summed E-state index contributed by atoms with van der Waals surface area (Å²) in [4.78, 5) is 0. The zero-order chi connectivity index (χ0) is 22.2. The molecule has 3 aromatic rings. The summed E-state index contributed by atoms with van der Waals surface area (Å²) in [5, 5.41) is 0.623. The van der Waals surface area contributed by atoms with Gasteiger partial charge in [0.1, 0.15) is 0 Å². The van der Waals surface area contributed by atoms with Crippen LogP contribution in [0, 0.1) is 0 Å². The molecule has 0 bridgehead atoms. The van der Waals surface area contributed by atoms with Crippen molar-refractivity contribution in [3.8, 4) is 5.69 Å². The van der Waals surface area contributed by atoms with Gasteiger partial charge < -0.3 is 4.57 Å². The van der Waals surface area contributed by atoms with Crippen LogP contribution in [0.1, 0.15) is 13.7 Å². The number of hydrogen-bond donors (Lipinski definition) is 0. The van der Waals surface area contributed by atoms with Crippen molar-refractivity contribution in [1.29, 1.82) is 0 Å². The molecule has 1 heterocycles. The predicted molar refractivity (Wildman–Crippen MR) is 86.3 cm³/mol. The molecule has 0 aliphatic heterocycles. The van der Waals surface area contributed by atoms with Gasteiger partial charge in [0.25, 0.3) is 0 Å². The third-order valence-corrected chi connectivity index (χ3v) is 4.69. The van der Waals surface area contributed by atoms with E-state index in [1.54, 1.807) is 0 Å². The van der Waals surface area contributed by atoms with E-state index in [0.29, 0.717) is 5.19 Å². The van der Waals surface area contributed by atoms with E-state index < -0.39 is 56.4 Å². The van der Waals surface area contributed by atoms with E-state index in [9.17, 15) is 0 Å². The molecule has 96 valence electrons. The Balaban J connectivity index is 2.71. The molecule has 0 spiro atoms. The van der Waals surface area contributed by atoms with Crippen molar-refractivity contribution in [3.05, 3.63) is 60.6 Å². The minimum atomic E-state index is -2.33. The summed E-state index contributed by atoms with van der Waals surface area (Å²) in [5.74, 6) is 0. The minimum Gasteiger partial charge on any atom is -0.317 e. The van der Waals surface area contributed by atoms with Gasteiger partial charge in [-0.2, -0.15) is 0 Å². The number of benzene rings is 2. The highest BCUT2D eigenvalue weighted by atomic mass is 28.3. The van der Waals surface area contributed by atoms with Crippen LogP contribution in [0.5, 0.6) is 0 Å². The number of aromatic nitrogens is 1. The number of rotatable bonds is 2. The lowest BCUT2D eigenvalue weighted by atomic mass is 10.2. The number of hydrogen-bond acceptors (Lipinski definition) is 0. The van der Waals surface area contributed by atoms with Crippen molar-refractivity contribution in [2.45, 2.75) is 19.6 Å². The molecule has 0 atom stereocenters. The standard InChI is InChI=1S/C17H19NSi/c1-19(2,3)17-13-18(14-9-5-4-6-10-14)16-12-8-7-11-15(16)17/h4-13H,1-3H3/i4D,5D,6D,7D,8D,9D,10D,11D,12D,13D. The molecule has 2 aromatic carbocycles. The van der Waals surface area contributed by atoms with E-state index in [1.165, 1.54) is 0 Å². The van der Waals surface area contributed by atoms with Gasteiger partial charge in [0, 0.05) is 11.9 Å². The van der Waals surface area contributed by atoms with Crippen LogP contribution in [0.2, 0.25) is 19.6 Å². The molecule has 19 heavy (non-hydrogen) atoms. The molecule has 0 fully saturated rings. The summed E-state index contributed by atoms with van der Waals surface area (Å²) < 4.78 is 82.9. The third-order valence-electron chi connectivity index (χ3n) is 2.83. The molecule has 1 nitrogen and oxygen atoms in total. The zero-order valence-electron chi connectivity index (χ0n) is 20.9. The van der Waals surface area contributed by atoms with Crippen LogP contribution in [-0.4, -0.2) is 12.6 Å². The molecular weight excluding hydrogens is 246 g/mol. The van der Waals surface area contributed by atoms with Gasteiger partial charge in [0.15, 0.2) is 0 Å². The molecule has 1 aromatic heterocycles. The van der Waals surface area contributed by atoms with Crippen molar-refractivity contribution < 1.29 is 13.7 Å². The van der Waals surface area contributed by atoms with Gasteiger partial charge in [0.05, 0.1) is 27.3 Å². The molecule has 0 unspecified atom stereocenters. The highest BCUT2D eigenvalue weighted by Gasteiger charge is 2.22. The van der Waals surface area contributed by atoms with Crippen molar-refractivity contribution >= 4 is 24.2 Å². The number of para-hydroxylation sites is 2. The Hall–Kier alpha value is -1.80. The van der Waals surface area contributed by atoms with Crippen LogP contribution >= 0.6 is 0 Å². The van der Waals surface area contributed by atoms with Crippen LogP contribution < -0.4 is 5.19 Å². The van der Waals surface area contributed by atoms with E-state index in [-0.39, 0.29) is 28.8 Å². The molecule has 0 N–H and O–H groups in total. The summed E-state index contributed by atoms with van der Waals surface area (Å²) in [5.41, 5.74) is -0.336. The van der Waals surface area contributed by atoms with Gasteiger partial charge in [-0.1, -0.05) is 55.9 Å².